The zero-order valence-electron chi connectivity index (χ0n) is 20.3. The van der Waals surface area contributed by atoms with E-state index in [0.29, 0.717) is 28.3 Å². The SMILES string of the molecule is COC(=O)c1sc(N2C(=O)C(=O)/C(=C(/O)c3ccc(C)cc3)[C@H]2c2ccc(OC)c(OC)c2)nc1C. The molecule has 9 nitrogen and oxygen atoms in total. The molecule has 1 aliphatic rings. The summed E-state index contributed by atoms with van der Waals surface area (Å²) in [7, 11) is 4.21. The molecule has 0 unspecified atom stereocenters. The summed E-state index contributed by atoms with van der Waals surface area (Å²) < 4.78 is 15.6. The van der Waals surface area contributed by atoms with Gasteiger partial charge < -0.3 is 19.3 Å². The zero-order valence-corrected chi connectivity index (χ0v) is 21.1. The van der Waals surface area contributed by atoms with Gasteiger partial charge >= 0.3 is 11.9 Å². The molecular weight excluding hydrogens is 484 g/mol. The lowest BCUT2D eigenvalue weighted by Gasteiger charge is -2.23. The Hall–Kier alpha value is -4.18. The average Bonchev–Trinajstić information content (AvgIpc) is 3.39. The Morgan fingerprint density at radius 2 is 1.67 bits per heavy atom. The molecule has 1 N–H and O–H groups in total. The molecule has 1 aromatic heterocycles. The van der Waals surface area contributed by atoms with E-state index in [1.165, 1.54) is 26.2 Å². The van der Waals surface area contributed by atoms with Crippen LogP contribution in [0.3, 0.4) is 0 Å². The number of amides is 1. The number of benzene rings is 2. The van der Waals surface area contributed by atoms with Gasteiger partial charge in [-0.15, -0.1) is 0 Å². The largest absolute Gasteiger partial charge is 0.507 e. The molecule has 1 atom stereocenters. The highest BCUT2D eigenvalue weighted by Gasteiger charge is 2.48. The number of ketones is 1. The maximum atomic E-state index is 13.4. The molecule has 0 aliphatic carbocycles. The van der Waals surface area contributed by atoms with E-state index >= 15 is 0 Å². The van der Waals surface area contributed by atoms with E-state index in [2.05, 4.69) is 4.98 Å². The minimum atomic E-state index is -1.04. The Morgan fingerprint density at radius 1 is 1.00 bits per heavy atom. The molecule has 2 heterocycles. The highest BCUT2D eigenvalue weighted by molar-refractivity contribution is 7.17. The molecule has 3 aromatic rings. The third-order valence-electron chi connectivity index (χ3n) is 5.85. The van der Waals surface area contributed by atoms with Crippen molar-refractivity contribution < 1.29 is 33.7 Å². The Morgan fingerprint density at radius 3 is 2.28 bits per heavy atom. The number of aliphatic hydroxyl groups is 1. The van der Waals surface area contributed by atoms with E-state index in [1.807, 2.05) is 6.92 Å². The molecule has 1 amide bonds. The number of ether oxygens (including phenoxy) is 3. The van der Waals surface area contributed by atoms with Gasteiger partial charge in [-0.3, -0.25) is 14.5 Å². The second-order valence-electron chi connectivity index (χ2n) is 8.05. The third-order valence-corrected chi connectivity index (χ3v) is 6.99. The molecule has 0 bridgehead atoms. The zero-order chi connectivity index (χ0) is 26.1. The van der Waals surface area contributed by atoms with Crippen LogP contribution < -0.4 is 14.4 Å². The number of esters is 1. The summed E-state index contributed by atoms with van der Waals surface area (Å²) in [5.74, 6) is -1.85. The maximum absolute atomic E-state index is 13.4. The molecule has 1 aliphatic heterocycles. The van der Waals surface area contributed by atoms with Crippen LogP contribution in [0, 0.1) is 13.8 Å². The first kappa shape index (κ1) is 24.9. The van der Waals surface area contributed by atoms with Crippen LogP contribution in [-0.4, -0.2) is 49.1 Å². The van der Waals surface area contributed by atoms with Gasteiger partial charge in [-0.2, -0.15) is 0 Å². The standard InChI is InChI=1S/C26H24N2O7S/c1-13-6-8-15(9-7-13)21(29)19-20(16-10-11-17(33-3)18(12-16)34-4)28(24(31)22(19)30)26-27-14(2)23(36-26)25(32)35-5/h6-12,20,29H,1-5H3/b21-19+/t20-/m1/s1. The van der Waals surface area contributed by atoms with E-state index in [4.69, 9.17) is 14.2 Å². The van der Waals surface area contributed by atoms with Crippen LogP contribution in [-0.2, 0) is 14.3 Å². The van der Waals surface area contributed by atoms with Crippen molar-refractivity contribution in [1.29, 1.82) is 0 Å². The number of rotatable bonds is 6. The number of anilines is 1. The number of methoxy groups -OCH3 is 3. The number of carbonyl (C=O) groups is 3. The molecule has 2 aromatic carbocycles. The van der Waals surface area contributed by atoms with Crippen molar-refractivity contribution in [1.82, 2.24) is 4.98 Å². The minimum Gasteiger partial charge on any atom is -0.507 e. The molecule has 4 rings (SSSR count). The van der Waals surface area contributed by atoms with Crippen molar-refractivity contribution in [2.45, 2.75) is 19.9 Å². The first-order valence-corrected chi connectivity index (χ1v) is 11.7. The first-order valence-electron chi connectivity index (χ1n) is 10.9. The van der Waals surface area contributed by atoms with Gasteiger partial charge in [0.05, 0.1) is 38.6 Å². The molecule has 1 saturated heterocycles. The van der Waals surface area contributed by atoms with Gasteiger partial charge in [-0.25, -0.2) is 9.78 Å². The summed E-state index contributed by atoms with van der Waals surface area (Å²) >= 11 is 0.930. The quantitative estimate of drug-likeness (QED) is 0.228. The number of aryl methyl sites for hydroxylation is 2. The minimum absolute atomic E-state index is 0.108. The van der Waals surface area contributed by atoms with Crippen molar-refractivity contribution >= 4 is 39.9 Å². The Bertz CT molecular complexity index is 1390. The first-order chi connectivity index (χ1) is 17.2. The fourth-order valence-corrected chi connectivity index (χ4v) is 5.01. The summed E-state index contributed by atoms with van der Waals surface area (Å²) in [5.41, 5.74) is 2.08. The Balaban J connectivity index is 1.96. The smallest absolute Gasteiger partial charge is 0.350 e. The van der Waals surface area contributed by atoms with Crippen LogP contribution in [0.2, 0.25) is 0 Å². The van der Waals surface area contributed by atoms with Gasteiger partial charge in [0.1, 0.15) is 10.6 Å². The molecule has 10 heteroatoms. The average molecular weight is 509 g/mol. The number of aliphatic hydroxyl groups excluding tert-OH is 1. The van der Waals surface area contributed by atoms with E-state index in [9.17, 15) is 19.5 Å². The summed E-state index contributed by atoms with van der Waals surface area (Å²) in [6.07, 6.45) is 0. The molecule has 186 valence electrons. The predicted molar refractivity (Wildman–Crippen MR) is 134 cm³/mol. The fourth-order valence-electron chi connectivity index (χ4n) is 4.00. The van der Waals surface area contributed by atoms with Crippen molar-refractivity contribution in [3.05, 3.63) is 75.3 Å². The fraction of sp³-hybridized carbons (Fsp3) is 0.231. The summed E-state index contributed by atoms with van der Waals surface area (Å²) in [4.78, 5) is 44.7. The molecule has 0 saturated carbocycles. The van der Waals surface area contributed by atoms with Crippen molar-refractivity contribution in [3.8, 4) is 11.5 Å². The monoisotopic (exact) mass is 508 g/mol. The van der Waals surface area contributed by atoms with Gasteiger partial charge in [0.15, 0.2) is 16.6 Å². The normalized spacial score (nSPS) is 16.8. The van der Waals surface area contributed by atoms with Gasteiger partial charge in [-0.05, 0) is 31.5 Å². The third kappa shape index (κ3) is 4.20. The summed E-state index contributed by atoms with van der Waals surface area (Å²) in [6, 6.07) is 10.8. The maximum Gasteiger partial charge on any atom is 0.350 e. The van der Waals surface area contributed by atoms with Gasteiger partial charge in [0.25, 0.3) is 5.78 Å². The van der Waals surface area contributed by atoms with E-state index in [-0.39, 0.29) is 21.3 Å². The lowest BCUT2D eigenvalue weighted by molar-refractivity contribution is -0.132. The Labute approximate surface area is 211 Å². The summed E-state index contributed by atoms with van der Waals surface area (Å²) in [5, 5.41) is 11.4. The number of hydrogen-bond donors (Lipinski definition) is 1. The van der Waals surface area contributed by atoms with Gasteiger partial charge in [-0.1, -0.05) is 47.2 Å². The molecular formula is C26H24N2O7S. The van der Waals surface area contributed by atoms with Crippen molar-refractivity contribution in [3.63, 3.8) is 0 Å². The molecule has 36 heavy (non-hydrogen) atoms. The number of Topliss-reactive ketones (excluding diaryl/α,β-unsaturated/α-hetero) is 1. The highest BCUT2D eigenvalue weighted by atomic mass is 32.1. The van der Waals surface area contributed by atoms with Crippen LogP contribution >= 0.6 is 11.3 Å². The van der Waals surface area contributed by atoms with E-state index < -0.39 is 23.7 Å². The van der Waals surface area contributed by atoms with Crippen LogP contribution in [0.5, 0.6) is 11.5 Å². The van der Waals surface area contributed by atoms with Crippen molar-refractivity contribution in [2.24, 2.45) is 0 Å². The van der Waals surface area contributed by atoms with Crippen LogP contribution in [0.25, 0.3) is 5.76 Å². The van der Waals surface area contributed by atoms with Gasteiger partial charge in [0.2, 0.25) is 0 Å². The number of aromatic nitrogens is 1. The van der Waals surface area contributed by atoms with Crippen LogP contribution in [0.1, 0.15) is 38.1 Å². The number of carbonyl (C=O) groups excluding carboxylic acids is 3. The second-order valence-corrected chi connectivity index (χ2v) is 9.03. The highest BCUT2D eigenvalue weighted by Crippen LogP contribution is 2.45. The topological polar surface area (TPSA) is 115 Å². The molecule has 0 radical (unpaired) electrons. The van der Waals surface area contributed by atoms with Crippen molar-refractivity contribution in [2.75, 3.05) is 26.2 Å². The van der Waals surface area contributed by atoms with Crippen LogP contribution in [0.15, 0.2) is 48.0 Å². The number of hydrogen-bond acceptors (Lipinski definition) is 9. The second kappa shape index (κ2) is 9.82. The lowest BCUT2D eigenvalue weighted by atomic mass is 9.95. The van der Waals surface area contributed by atoms with E-state index in [1.54, 1.807) is 49.4 Å². The predicted octanol–water partition coefficient (Wildman–Crippen LogP) is 4.19. The number of nitrogens with zero attached hydrogens (tertiary/aromatic N) is 2. The van der Waals surface area contributed by atoms with Crippen LogP contribution in [0.4, 0.5) is 5.13 Å². The Kier molecular flexibility index (Phi) is 6.80. The molecule has 0 spiro atoms. The van der Waals surface area contributed by atoms with Gasteiger partial charge in [0, 0.05) is 5.56 Å². The van der Waals surface area contributed by atoms with E-state index in [0.717, 1.165) is 16.9 Å². The lowest BCUT2D eigenvalue weighted by Crippen LogP contribution is -2.29. The number of thiazole rings is 1. The molecule has 1 fully saturated rings. The summed E-state index contributed by atoms with van der Waals surface area (Å²) in [6.45, 7) is 3.51.